The van der Waals surface area contributed by atoms with Crippen LogP contribution in [0.1, 0.15) is 6.92 Å². The van der Waals surface area contributed by atoms with Crippen LogP contribution in [0.25, 0.3) is 0 Å². The molecule has 1 atom stereocenters. The molecule has 1 amide bonds. The molecule has 0 aliphatic carbocycles. The van der Waals surface area contributed by atoms with Crippen LogP contribution in [-0.2, 0) is 14.8 Å². The van der Waals surface area contributed by atoms with Gasteiger partial charge in [-0.1, -0.05) is 23.7 Å². The summed E-state index contributed by atoms with van der Waals surface area (Å²) in [6, 6.07) is 8.74. The number of para-hydroxylation sites is 1. The van der Waals surface area contributed by atoms with Crippen molar-refractivity contribution in [2.75, 3.05) is 23.0 Å². The quantitative estimate of drug-likeness (QED) is 0.807. The first-order valence-corrected chi connectivity index (χ1v) is 9.76. The number of sulfonamides is 1. The summed E-state index contributed by atoms with van der Waals surface area (Å²) in [7, 11) is -2.50. The SMILES string of the molecule is COc1ccc(Cl)cc1NC(=O)[C@H](C)N(c1ccccc1F)S(C)(=O)=O. The minimum absolute atomic E-state index is 0.212. The molecule has 0 bridgehead atoms. The number of nitrogens with one attached hydrogen (secondary N) is 1. The Hall–Kier alpha value is -2.32. The van der Waals surface area contributed by atoms with Crippen molar-refractivity contribution in [1.82, 2.24) is 0 Å². The van der Waals surface area contributed by atoms with Crippen LogP contribution in [0.4, 0.5) is 15.8 Å². The van der Waals surface area contributed by atoms with Crippen LogP contribution in [0.15, 0.2) is 42.5 Å². The number of rotatable bonds is 6. The Balaban J connectivity index is 2.38. The van der Waals surface area contributed by atoms with Crippen LogP contribution < -0.4 is 14.4 Å². The summed E-state index contributed by atoms with van der Waals surface area (Å²) in [6.07, 6.45) is 0.906. The number of carbonyl (C=O) groups is 1. The maximum atomic E-state index is 14.1. The topological polar surface area (TPSA) is 75.7 Å². The van der Waals surface area contributed by atoms with E-state index >= 15 is 0 Å². The molecule has 9 heteroatoms. The average Bonchev–Trinajstić information content (AvgIpc) is 2.55. The fraction of sp³-hybridized carbons (Fsp3) is 0.235. The number of benzene rings is 2. The van der Waals surface area contributed by atoms with Crippen LogP contribution in [0.3, 0.4) is 0 Å². The third kappa shape index (κ3) is 4.44. The number of anilines is 2. The molecule has 26 heavy (non-hydrogen) atoms. The lowest BCUT2D eigenvalue weighted by atomic mass is 10.2. The molecule has 0 heterocycles. The van der Waals surface area contributed by atoms with Gasteiger partial charge in [0.2, 0.25) is 15.9 Å². The van der Waals surface area contributed by atoms with E-state index in [-0.39, 0.29) is 11.4 Å². The molecule has 0 saturated heterocycles. The van der Waals surface area contributed by atoms with Crippen molar-refractivity contribution in [1.29, 1.82) is 0 Å². The van der Waals surface area contributed by atoms with Gasteiger partial charge in [0.1, 0.15) is 17.6 Å². The van der Waals surface area contributed by atoms with Crippen molar-refractivity contribution in [2.45, 2.75) is 13.0 Å². The third-order valence-electron chi connectivity index (χ3n) is 3.60. The van der Waals surface area contributed by atoms with Crippen LogP contribution in [-0.4, -0.2) is 33.7 Å². The number of ether oxygens (including phenoxy) is 1. The Kier molecular flexibility index (Phi) is 6.09. The van der Waals surface area contributed by atoms with Crippen molar-refractivity contribution >= 4 is 38.9 Å². The maximum Gasteiger partial charge on any atom is 0.248 e. The first-order valence-electron chi connectivity index (χ1n) is 7.53. The zero-order chi connectivity index (χ0) is 19.5. The highest BCUT2D eigenvalue weighted by atomic mass is 35.5. The molecular weight excluding hydrogens is 383 g/mol. The van der Waals surface area contributed by atoms with Crippen molar-refractivity contribution in [3.8, 4) is 5.75 Å². The summed E-state index contributed by atoms with van der Waals surface area (Å²) < 4.78 is 44.4. The second-order valence-electron chi connectivity index (χ2n) is 5.52. The maximum absolute atomic E-state index is 14.1. The summed E-state index contributed by atoms with van der Waals surface area (Å²) >= 11 is 5.93. The van der Waals surface area contributed by atoms with Gasteiger partial charge in [0, 0.05) is 5.02 Å². The summed E-state index contributed by atoms with van der Waals surface area (Å²) in [5.74, 6) is -1.07. The largest absolute Gasteiger partial charge is 0.495 e. The smallest absolute Gasteiger partial charge is 0.248 e. The second kappa shape index (κ2) is 7.92. The molecule has 0 aromatic heterocycles. The zero-order valence-corrected chi connectivity index (χ0v) is 15.9. The van der Waals surface area contributed by atoms with Gasteiger partial charge in [0.25, 0.3) is 0 Å². The standard InChI is InChI=1S/C17H18ClFN2O4S/c1-11(17(22)20-14-10-12(18)8-9-16(14)25-2)21(26(3,23)24)15-7-5-4-6-13(15)19/h4-11H,1-3H3,(H,20,22)/t11-/m0/s1. The first kappa shape index (κ1) is 20.0. The zero-order valence-electron chi connectivity index (χ0n) is 14.4. The van der Waals surface area contributed by atoms with E-state index in [2.05, 4.69) is 5.32 Å². The highest BCUT2D eigenvalue weighted by Gasteiger charge is 2.31. The van der Waals surface area contributed by atoms with Gasteiger partial charge in [-0.05, 0) is 37.3 Å². The Labute approximate surface area is 156 Å². The number of hydrogen-bond donors (Lipinski definition) is 1. The highest BCUT2D eigenvalue weighted by molar-refractivity contribution is 7.92. The van der Waals surface area contributed by atoms with E-state index in [1.54, 1.807) is 12.1 Å². The van der Waals surface area contributed by atoms with E-state index in [9.17, 15) is 17.6 Å². The van der Waals surface area contributed by atoms with Crippen LogP contribution in [0.5, 0.6) is 5.75 Å². The predicted octanol–water partition coefficient (Wildman–Crippen LogP) is 3.28. The van der Waals surface area contributed by atoms with E-state index in [0.717, 1.165) is 16.6 Å². The summed E-state index contributed by atoms with van der Waals surface area (Å²) in [5, 5.41) is 2.93. The summed E-state index contributed by atoms with van der Waals surface area (Å²) in [5.41, 5.74) is 0.0644. The summed E-state index contributed by atoms with van der Waals surface area (Å²) in [6.45, 7) is 1.36. The van der Waals surface area contributed by atoms with E-state index in [1.807, 2.05) is 0 Å². The van der Waals surface area contributed by atoms with Crippen molar-refractivity contribution < 1.29 is 22.3 Å². The van der Waals surface area contributed by atoms with Gasteiger partial charge < -0.3 is 10.1 Å². The number of carbonyl (C=O) groups excluding carboxylic acids is 1. The Morgan fingerprint density at radius 1 is 1.27 bits per heavy atom. The molecular formula is C17H18ClFN2O4S. The first-order chi connectivity index (χ1) is 12.1. The van der Waals surface area contributed by atoms with Crippen LogP contribution in [0, 0.1) is 5.82 Å². The molecule has 2 rings (SSSR count). The monoisotopic (exact) mass is 400 g/mol. The summed E-state index contributed by atoms with van der Waals surface area (Å²) in [4.78, 5) is 12.6. The molecule has 0 fully saturated rings. The van der Waals surface area contributed by atoms with Gasteiger partial charge in [-0.3, -0.25) is 9.10 Å². The van der Waals surface area contributed by atoms with Gasteiger partial charge in [0.05, 0.1) is 24.7 Å². The molecule has 140 valence electrons. The van der Waals surface area contributed by atoms with Gasteiger partial charge in [-0.15, -0.1) is 0 Å². The molecule has 0 spiro atoms. The number of hydrogen-bond acceptors (Lipinski definition) is 4. The molecule has 2 aromatic rings. The molecule has 0 aliphatic heterocycles. The van der Waals surface area contributed by atoms with Crippen molar-refractivity contribution in [3.63, 3.8) is 0 Å². The number of methoxy groups -OCH3 is 1. The lowest BCUT2D eigenvalue weighted by molar-refractivity contribution is -0.116. The highest BCUT2D eigenvalue weighted by Crippen LogP contribution is 2.29. The van der Waals surface area contributed by atoms with Crippen molar-refractivity contribution in [2.24, 2.45) is 0 Å². The third-order valence-corrected chi connectivity index (χ3v) is 5.06. The van der Waals surface area contributed by atoms with E-state index < -0.39 is 27.8 Å². The number of halogens is 2. The number of nitrogens with zero attached hydrogens (tertiary/aromatic N) is 1. The molecule has 0 radical (unpaired) electrons. The van der Waals surface area contributed by atoms with Gasteiger partial charge in [-0.2, -0.15) is 0 Å². The Morgan fingerprint density at radius 3 is 2.50 bits per heavy atom. The molecule has 0 saturated carbocycles. The number of amides is 1. The molecule has 0 aliphatic rings. The molecule has 6 nitrogen and oxygen atoms in total. The Morgan fingerprint density at radius 2 is 1.92 bits per heavy atom. The molecule has 0 unspecified atom stereocenters. The van der Waals surface area contributed by atoms with Crippen LogP contribution >= 0.6 is 11.6 Å². The second-order valence-corrected chi connectivity index (χ2v) is 7.82. The normalized spacial score (nSPS) is 12.3. The lowest BCUT2D eigenvalue weighted by Gasteiger charge is -2.28. The lowest BCUT2D eigenvalue weighted by Crippen LogP contribution is -2.45. The minimum atomic E-state index is -3.93. The van der Waals surface area contributed by atoms with Gasteiger partial charge in [0.15, 0.2) is 0 Å². The predicted molar refractivity (Wildman–Crippen MR) is 99.8 cm³/mol. The van der Waals surface area contributed by atoms with E-state index in [4.69, 9.17) is 16.3 Å². The van der Waals surface area contributed by atoms with Crippen molar-refractivity contribution in [3.05, 3.63) is 53.3 Å². The minimum Gasteiger partial charge on any atom is -0.495 e. The van der Waals surface area contributed by atoms with E-state index in [1.165, 1.54) is 38.3 Å². The molecule has 2 aromatic carbocycles. The molecule has 1 N–H and O–H groups in total. The average molecular weight is 401 g/mol. The fourth-order valence-corrected chi connectivity index (χ4v) is 3.77. The van der Waals surface area contributed by atoms with Crippen LogP contribution in [0.2, 0.25) is 5.02 Å². The van der Waals surface area contributed by atoms with E-state index in [0.29, 0.717) is 10.8 Å². The van der Waals surface area contributed by atoms with Gasteiger partial charge >= 0.3 is 0 Å². The van der Waals surface area contributed by atoms with Gasteiger partial charge in [-0.25, -0.2) is 12.8 Å². The fourth-order valence-electron chi connectivity index (χ4n) is 2.43. The Bertz CT molecular complexity index is 921.